The molecule has 7 heteroatoms. The van der Waals surface area contributed by atoms with E-state index in [-0.39, 0.29) is 24.0 Å². The smallest absolute Gasteiger partial charge is 0.191 e. The van der Waals surface area contributed by atoms with Gasteiger partial charge >= 0.3 is 0 Å². The molecule has 0 radical (unpaired) electrons. The number of piperidine rings is 1. The lowest BCUT2D eigenvalue weighted by Gasteiger charge is -2.33. The van der Waals surface area contributed by atoms with E-state index in [2.05, 4.69) is 67.6 Å². The van der Waals surface area contributed by atoms with Crippen LogP contribution in [-0.4, -0.2) is 62.8 Å². The van der Waals surface area contributed by atoms with Crippen LogP contribution in [0.5, 0.6) is 0 Å². The molecule has 1 aliphatic heterocycles. The minimum absolute atomic E-state index is 0. The Morgan fingerprint density at radius 1 is 1.21 bits per heavy atom. The molecule has 3 rings (SSSR count). The van der Waals surface area contributed by atoms with E-state index in [1.807, 2.05) is 0 Å². The lowest BCUT2D eigenvalue weighted by molar-refractivity contribution is 0.155. The van der Waals surface area contributed by atoms with E-state index < -0.39 is 0 Å². The number of halogens is 2. The first-order valence-corrected chi connectivity index (χ1v) is 11.0. The fourth-order valence-corrected chi connectivity index (χ4v) is 4.09. The lowest BCUT2D eigenvalue weighted by Crippen LogP contribution is -2.49. The Morgan fingerprint density at radius 2 is 1.93 bits per heavy atom. The number of rotatable bonds is 8. The summed E-state index contributed by atoms with van der Waals surface area (Å²) in [6.07, 6.45) is 4.66. The van der Waals surface area contributed by atoms with Gasteiger partial charge in [0, 0.05) is 62.4 Å². The molecule has 2 fully saturated rings. The minimum Gasteiger partial charge on any atom is -0.385 e. The van der Waals surface area contributed by atoms with Crippen LogP contribution in [-0.2, 0) is 4.74 Å². The number of hydrogen-bond donors (Lipinski definition) is 2. The second-order valence-corrected chi connectivity index (χ2v) is 8.49. The largest absolute Gasteiger partial charge is 0.385 e. The Bertz CT molecular complexity index is 605. The summed E-state index contributed by atoms with van der Waals surface area (Å²) in [6.45, 7) is 7.22. The first kappa shape index (κ1) is 23.9. The number of hydrogen-bond acceptors (Lipinski definition) is 3. The minimum atomic E-state index is 0. The van der Waals surface area contributed by atoms with E-state index in [9.17, 15) is 0 Å². The molecule has 0 spiro atoms. The summed E-state index contributed by atoms with van der Waals surface area (Å²) < 4.78 is 6.30. The fourth-order valence-electron chi connectivity index (χ4n) is 3.83. The van der Waals surface area contributed by atoms with Gasteiger partial charge in [0.15, 0.2) is 5.96 Å². The van der Waals surface area contributed by atoms with Gasteiger partial charge in [0.2, 0.25) is 0 Å². The van der Waals surface area contributed by atoms with Crippen LogP contribution < -0.4 is 10.6 Å². The molecule has 2 N–H and O–H groups in total. The van der Waals surface area contributed by atoms with Crippen LogP contribution in [0.2, 0.25) is 0 Å². The van der Waals surface area contributed by atoms with Gasteiger partial charge in [-0.2, -0.15) is 0 Å². The average Bonchev–Trinajstić information content (AvgIpc) is 3.43. The van der Waals surface area contributed by atoms with Gasteiger partial charge in [0.1, 0.15) is 0 Å². The van der Waals surface area contributed by atoms with Crippen molar-refractivity contribution in [2.45, 2.75) is 50.6 Å². The maximum Gasteiger partial charge on any atom is 0.191 e. The van der Waals surface area contributed by atoms with Gasteiger partial charge in [-0.25, -0.2) is 0 Å². The van der Waals surface area contributed by atoms with E-state index in [0.717, 1.165) is 49.6 Å². The van der Waals surface area contributed by atoms with Gasteiger partial charge < -0.3 is 20.3 Å². The van der Waals surface area contributed by atoms with E-state index in [0.29, 0.717) is 18.0 Å². The fraction of sp³-hybridized carbons (Fsp3) is 0.667. The van der Waals surface area contributed by atoms with Crippen LogP contribution in [0.3, 0.4) is 0 Å². The van der Waals surface area contributed by atoms with Crippen molar-refractivity contribution >= 4 is 45.9 Å². The first-order valence-electron chi connectivity index (χ1n) is 10.2. The molecule has 1 saturated carbocycles. The molecular formula is C21H34BrIN4O. The second kappa shape index (κ2) is 12.3. The third-order valence-electron chi connectivity index (χ3n) is 5.48. The van der Waals surface area contributed by atoms with Crippen LogP contribution in [0.15, 0.2) is 33.7 Å². The summed E-state index contributed by atoms with van der Waals surface area (Å²) in [7, 11) is 1.78. The molecule has 28 heavy (non-hydrogen) atoms. The number of methoxy groups -OCH3 is 1. The number of nitrogens with one attached hydrogen (secondary N) is 2. The number of benzene rings is 1. The first-order chi connectivity index (χ1) is 13.2. The van der Waals surface area contributed by atoms with Crippen molar-refractivity contribution in [3.63, 3.8) is 0 Å². The van der Waals surface area contributed by atoms with Crippen molar-refractivity contribution in [3.8, 4) is 0 Å². The molecule has 5 nitrogen and oxygen atoms in total. The number of aliphatic imine (C=N–C) groups is 1. The van der Waals surface area contributed by atoms with Crippen molar-refractivity contribution in [3.05, 3.63) is 34.3 Å². The molecule has 1 saturated heterocycles. The molecule has 0 bridgehead atoms. The predicted octanol–water partition coefficient (Wildman–Crippen LogP) is 3.98. The summed E-state index contributed by atoms with van der Waals surface area (Å²) in [5.74, 6) is 1.59. The Hall–Kier alpha value is -0.380. The molecule has 0 aromatic heterocycles. The molecule has 2 aliphatic rings. The van der Waals surface area contributed by atoms with Crippen LogP contribution >= 0.6 is 39.9 Å². The van der Waals surface area contributed by atoms with Gasteiger partial charge in [-0.1, -0.05) is 28.1 Å². The van der Waals surface area contributed by atoms with E-state index in [1.165, 1.54) is 24.8 Å². The average molecular weight is 565 g/mol. The van der Waals surface area contributed by atoms with Crippen molar-refractivity contribution in [2.75, 3.05) is 39.9 Å². The molecule has 2 atom stereocenters. The zero-order valence-corrected chi connectivity index (χ0v) is 20.9. The van der Waals surface area contributed by atoms with E-state index in [1.54, 1.807) is 7.11 Å². The van der Waals surface area contributed by atoms with E-state index >= 15 is 0 Å². The highest BCUT2D eigenvalue weighted by Crippen LogP contribution is 2.41. The van der Waals surface area contributed by atoms with Crippen molar-refractivity contribution in [2.24, 2.45) is 4.99 Å². The Morgan fingerprint density at radius 3 is 2.57 bits per heavy atom. The van der Waals surface area contributed by atoms with Gasteiger partial charge in [-0.3, -0.25) is 4.99 Å². The zero-order valence-electron chi connectivity index (χ0n) is 17.0. The molecule has 1 aromatic carbocycles. The van der Waals surface area contributed by atoms with Crippen molar-refractivity contribution < 1.29 is 4.74 Å². The third-order valence-corrected chi connectivity index (χ3v) is 6.01. The van der Waals surface area contributed by atoms with E-state index in [4.69, 9.17) is 4.74 Å². The molecule has 1 aromatic rings. The number of nitrogens with zero attached hydrogens (tertiary/aromatic N) is 2. The highest BCUT2D eigenvalue weighted by molar-refractivity contribution is 14.0. The molecule has 1 aliphatic carbocycles. The third kappa shape index (κ3) is 7.46. The second-order valence-electron chi connectivity index (χ2n) is 7.57. The highest BCUT2D eigenvalue weighted by Gasteiger charge is 2.39. The summed E-state index contributed by atoms with van der Waals surface area (Å²) in [6, 6.07) is 9.72. The number of likely N-dealkylation sites (tertiary alicyclic amines) is 1. The van der Waals surface area contributed by atoms with Crippen LogP contribution in [0.4, 0.5) is 0 Å². The molecule has 158 valence electrons. The molecular weight excluding hydrogens is 531 g/mol. The lowest BCUT2D eigenvalue weighted by atomic mass is 10.1. The normalized spacial score (nSPS) is 23.2. The maximum absolute atomic E-state index is 5.16. The van der Waals surface area contributed by atoms with Crippen molar-refractivity contribution in [1.82, 2.24) is 15.5 Å². The summed E-state index contributed by atoms with van der Waals surface area (Å²) in [5, 5.41) is 7.33. The Kier molecular flexibility index (Phi) is 10.5. The summed E-state index contributed by atoms with van der Waals surface area (Å²) >= 11 is 3.51. The van der Waals surface area contributed by atoms with Gasteiger partial charge in [-0.05, 0) is 50.3 Å². The van der Waals surface area contributed by atoms with Crippen LogP contribution in [0, 0.1) is 0 Å². The maximum atomic E-state index is 5.16. The van der Waals surface area contributed by atoms with Gasteiger partial charge in [0.25, 0.3) is 0 Å². The van der Waals surface area contributed by atoms with Crippen LogP contribution in [0.1, 0.15) is 44.1 Å². The predicted molar refractivity (Wildman–Crippen MR) is 131 cm³/mol. The number of guanidine groups is 1. The molecule has 0 amide bonds. The van der Waals surface area contributed by atoms with Crippen LogP contribution in [0.25, 0.3) is 0 Å². The van der Waals surface area contributed by atoms with Gasteiger partial charge in [0.05, 0.1) is 0 Å². The summed E-state index contributed by atoms with van der Waals surface area (Å²) in [5.41, 5.74) is 1.41. The zero-order chi connectivity index (χ0) is 19.1. The monoisotopic (exact) mass is 564 g/mol. The van der Waals surface area contributed by atoms with Gasteiger partial charge in [-0.15, -0.1) is 24.0 Å². The quantitative estimate of drug-likeness (QED) is 0.217. The summed E-state index contributed by atoms with van der Waals surface area (Å²) in [4.78, 5) is 7.22. The Balaban J connectivity index is 0.00000280. The highest BCUT2D eigenvalue weighted by atomic mass is 127. The van der Waals surface area contributed by atoms with Crippen molar-refractivity contribution in [1.29, 1.82) is 0 Å². The molecule has 1 heterocycles. The Labute approximate surface area is 195 Å². The number of ether oxygens (including phenoxy) is 1. The SMILES string of the molecule is CCN=C(NC1CCN(CCCOC)CC1)NC1CC1c1ccc(Br)cc1.I. The topological polar surface area (TPSA) is 48.9 Å². The molecule has 2 unspecified atom stereocenters. The standard InChI is InChI=1S/C21H33BrN4O.HI/c1-3-23-21(24-18-9-12-26(13-10-18)11-4-14-27-2)25-20-15-19(20)16-5-7-17(22)8-6-16;/h5-8,18-20H,3-4,9-15H2,1-2H3,(H2,23,24,25);1H.